The first-order chi connectivity index (χ1) is 17.3. The first kappa shape index (κ1) is 25.6. The van der Waals surface area contributed by atoms with E-state index in [1.165, 1.54) is 11.1 Å². The molecule has 0 saturated carbocycles. The fourth-order valence-electron chi connectivity index (χ4n) is 4.80. The molecule has 1 aliphatic rings. The number of allylic oxidation sites excluding steroid dienone is 1. The van der Waals surface area contributed by atoms with E-state index in [4.69, 9.17) is 4.98 Å². The lowest BCUT2D eigenvalue weighted by molar-refractivity contribution is -0.143. The molecule has 0 saturated heterocycles. The minimum atomic E-state index is -0.828. The molecule has 0 radical (unpaired) electrons. The molecule has 1 unspecified atom stereocenters. The fraction of sp³-hybridized carbons (Fsp3) is 0.387. The number of aromatic nitrogens is 1. The number of carbonyl (C=O) groups is 2. The molecule has 0 spiro atoms. The predicted octanol–water partition coefficient (Wildman–Crippen LogP) is 5.42. The number of hydrogen-bond donors (Lipinski definition) is 1. The summed E-state index contributed by atoms with van der Waals surface area (Å²) in [6, 6.07) is 18.1. The highest BCUT2D eigenvalue weighted by Crippen LogP contribution is 2.21. The Bertz CT molecular complexity index is 1250. The molecule has 188 valence electrons. The first-order valence-corrected chi connectivity index (χ1v) is 13.0. The molecule has 2 aromatic carbocycles. The van der Waals surface area contributed by atoms with Crippen molar-refractivity contribution in [1.29, 1.82) is 0 Å². The van der Waals surface area contributed by atoms with Crippen LogP contribution < -0.4 is 5.32 Å². The van der Waals surface area contributed by atoms with E-state index in [-0.39, 0.29) is 18.2 Å². The molecule has 1 aliphatic carbocycles. The number of para-hydroxylation sites is 1. The van der Waals surface area contributed by atoms with E-state index in [9.17, 15) is 9.59 Å². The molecule has 5 nitrogen and oxygen atoms in total. The number of rotatable bonds is 10. The molecular formula is C31H37N3O2. The molecule has 36 heavy (non-hydrogen) atoms. The number of nitrogens with one attached hydrogen (secondary N) is 1. The van der Waals surface area contributed by atoms with E-state index in [0.29, 0.717) is 31.5 Å². The van der Waals surface area contributed by atoms with Gasteiger partial charge in [-0.05, 0) is 53.1 Å². The van der Waals surface area contributed by atoms with E-state index >= 15 is 0 Å². The molecule has 1 aromatic heterocycles. The summed E-state index contributed by atoms with van der Waals surface area (Å²) in [5, 5.41) is 4.09. The van der Waals surface area contributed by atoms with Crippen LogP contribution in [0.5, 0.6) is 0 Å². The SMILES string of the molecule is CC(C)CN(CC(C)C)C(=O)C(Cc1ccc2ccccc2n1)C(=O)NCc1ccc2c(c1)C=CC2. The zero-order chi connectivity index (χ0) is 25.7. The normalized spacial score (nSPS) is 13.3. The summed E-state index contributed by atoms with van der Waals surface area (Å²) < 4.78 is 0. The lowest BCUT2D eigenvalue weighted by atomic mass is 9.97. The predicted molar refractivity (Wildman–Crippen MR) is 146 cm³/mol. The second kappa shape index (κ2) is 11.5. The minimum Gasteiger partial charge on any atom is -0.351 e. The number of fused-ring (bicyclic) bond motifs is 2. The van der Waals surface area contributed by atoms with Crippen molar-refractivity contribution in [3.63, 3.8) is 0 Å². The van der Waals surface area contributed by atoms with Crippen LogP contribution in [0.2, 0.25) is 0 Å². The first-order valence-electron chi connectivity index (χ1n) is 13.0. The van der Waals surface area contributed by atoms with Gasteiger partial charge in [-0.1, -0.05) is 76.2 Å². The van der Waals surface area contributed by atoms with Crippen LogP contribution >= 0.6 is 0 Å². The maximum absolute atomic E-state index is 13.8. The van der Waals surface area contributed by atoms with Crippen molar-refractivity contribution < 1.29 is 9.59 Å². The van der Waals surface area contributed by atoms with Crippen LogP contribution in [0.15, 0.2) is 60.7 Å². The quantitative estimate of drug-likeness (QED) is 0.392. The molecule has 5 heteroatoms. The topological polar surface area (TPSA) is 62.3 Å². The van der Waals surface area contributed by atoms with E-state index in [1.54, 1.807) is 0 Å². The third kappa shape index (κ3) is 6.39. The van der Waals surface area contributed by atoms with Crippen LogP contribution in [0, 0.1) is 17.8 Å². The average molecular weight is 484 g/mol. The lowest BCUT2D eigenvalue weighted by Crippen LogP contribution is -2.47. The van der Waals surface area contributed by atoms with Crippen molar-refractivity contribution in [2.75, 3.05) is 13.1 Å². The van der Waals surface area contributed by atoms with Gasteiger partial charge in [-0.25, -0.2) is 0 Å². The number of pyridine rings is 1. The summed E-state index contributed by atoms with van der Waals surface area (Å²) in [6.07, 6.45) is 5.50. The number of nitrogens with zero attached hydrogens (tertiary/aromatic N) is 2. The second-order valence-electron chi connectivity index (χ2n) is 10.6. The van der Waals surface area contributed by atoms with Gasteiger partial charge in [0.25, 0.3) is 0 Å². The second-order valence-corrected chi connectivity index (χ2v) is 10.6. The van der Waals surface area contributed by atoms with Crippen molar-refractivity contribution in [1.82, 2.24) is 15.2 Å². The van der Waals surface area contributed by atoms with E-state index in [2.05, 4.69) is 63.4 Å². The van der Waals surface area contributed by atoms with Gasteiger partial charge in [0.1, 0.15) is 5.92 Å². The average Bonchev–Trinajstić information content (AvgIpc) is 3.32. The molecule has 0 bridgehead atoms. The highest BCUT2D eigenvalue weighted by Gasteiger charge is 2.32. The third-order valence-electron chi connectivity index (χ3n) is 6.48. The summed E-state index contributed by atoms with van der Waals surface area (Å²) >= 11 is 0. The Morgan fingerprint density at radius 1 is 0.972 bits per heavy atom. The fourth-order valence-corrected chi connectivity index (χ4v) is 4.80. The number of hydrogen-bond acceptors (Lipinski definition) is 3. The molecule has 1 atom stereocenters. The highest BCUT2D eigenvalue weighted by molar-refractivity contribution is 6.00. The Hall–Kier alpha value is -3.47. The van der Waals surface area contributed by atoms with Crippen molar-refractivity contribution in [2.45, 2.75) is 47.1 Å². The third-order valence-corrected chi connectivity index (χ3v) is 6.48. The van der Waals surface area contributed by atoms with Gasteiger partial charge in [0.15, 0.2) is 0 Å². The largest absolute Gasteiger partial charge is 0.351 e. The molecule has 3 aromatic rings. The number of carbonyl (C=O) groups excluding carboxylic acids is 2. The molecular weight excluding hydrogens is 446 g/mol. The van der Waals surface area contributed by atoms with Gasteiger partial charge < -0.3 is 10.2 Å². The van der Waals surface area contributed by atoms with Crippen molar-refractivity contribution in [2.24, 2.45) is 17.8 Å². The summed E-state index contributed by atoms with van der Waals surface area (Å²) in [4.78, 5) is 34.0. The standard InChI is InChI=1S/C31H37N3O2/c1-21(2)19-34(20-22(3)4)31(36)28(17-27-15-14-25-8-5-6-11-29(25)33-27)30(35)32-18-23-12-13-24-9-7-10-26(24)16-23/h5-8,10-16,21-22,28H,9,17-20H2,1-4H3,(H,32,35). The van der Waals surface area contributed by atoms with Gasteiger partial charge in [0.2, 0.25) is 11.8 Å². The monoisotopic (exact) mass is 483 g/mol. The van der Waals surface area contributed by atoms with Gasteiger partial charge >= 0.3 is 0 Å². The van der Waals surface area contributed by atoms with Gasteiger partial charge in [0.05, 0.1) is 5.52 Å². The zero-order valence-electron chi connectivity index (χ0n) is 21.8. The maximum atomic E-state index is 13.8. The highest BCUT2D eigenvalue weighted by atomic mass is 16.2. The summed E-state index contributed by atoms with van der Waals surface area (Å²) in [5.41, 5.74) is 5.16. The Balaban J connectivity index is 1.56. The van der Waals surface area contributed by atoms with Crippen LogP contribution in [0.3, 0.4) is 0 Å². The van der Waals surface area contributed by atoms with Crippen molar-refractivity contribution in [3.8, 4) is 0 Å². The molecule has 4 rings (SSSR count). The van der Waals surface area contributed by atoms with Gasteiger partial charge in [-0.3, -0.25) is 14.6 Å². The Morgan fingerprint density at radius 2 is 1.72 bits per heavy atom. The van der Waals surface area contributed by atoms with Crippen LogP contribution in [0.25, 0.3) is 17.0 Å². The number of benzene rings is 2. The van der Waals surface area contributed by atoms with Crippen LogP contribution in [-0.4, -0.2) is 34.8 Å². The Morgan fingerprint density at radius 3 is 2.47 bits per heavy atom. The summed E-state index contributed by atoms with van der Waals surface area (Å²) in [7, 11) is 0. The molecule has 0 aliphatic heterocycles. The summed E-state index contributed by atoms with van der Waals surface area (Å²) in [6.45, 7) is 10.0. The van der Waals surface area contributed by atoms with Crippen LogP contribution in [-0.2, 0) is 29.0 Å². The summed E-state index contributed by atoms with van der Waals surface area (Å²) in [5.74, 6) is -0.569. The van der Waals surface area contributed by atoms with Gasteiger partial charge in [-0.15, -0.1) is 0 Å². The van der Waals surface area contributed by atoms with E-state index in [0.717, 1.165) is 28.6 Å². The minimum absolute atomic E-state index is 0.123. The van der Waals surface area contributed by atoms with Crippen molar-refractivity contribution >= 4 is 28.8 Å². The molecule has 1 N–H and O–H groups in total. The lowest BCUT2D eigenvalue weighted by Gasteiger charge is -2.30. The van der Waals surface area contributed by atoms with Crippen molar-refractivity contribution in [3.05, 3.63) is 83.1 Å². The molecule has 2 amide bonds. The van der Waals surface area contributed by atoms with E-state index < -0.39 is 5.92 Å². The molecule has 0 fully saturated rings. The Kier molecular flexibility index (Phi) is 8.19. The van der Waals surface area contributed by atoms with Crippen LogP contribution in [0.4, 0.5) is 0 Å². The van der Waals surface area contributed by atoms with Gasteiger partial charge in [-0.2, -0.15) is 0 Å². The van der Waals surface area contributed by atoms with E-state index in [1.807, 2.05) is 41.3 Å². The molecule has 1 heterocycles. The number of amides is 2. The van der Waals surface area contributed by atoms with Gasteiger partial charge in [0, 0.05) is 37.1 Å². The smallest absolute Gasteiger partial charge is 0.235 e. The van der Waals surface area contributed by atoms with Crippen LogP contribution in [0.1, 0.15) is 50.1 Å². The zero-order valence-corrected chi connectivity index (χ0v) is 21.8. The Labute approximate surface area is 214 Å². The maximum Gasteiger partial charge on any atom is 0.235 e.